The third kappa shape index (κ3) is 4.08. The highest BCUT2D eigenvalue weighted by atomic mass is 35.5. The molecule has 19 heavy (non-hydrogen) atoms. The van der Waals surface area contributed by atoms with E-state index in [2.05, 4.69) is 5.32 Å². The zero-order valence-electron chi connectivity index (χ0n) is 11.3. The zero-order chi connectivity index (χ0) is 13.7. The standard InChI is InChI=1S/C14H20ClNO3/c1-17-9-13(18-2)8-16-7-12-6-10-5-11(15)3-4-14(10)19-12/h3-5,12-13,16H,6-9H2,1-2H3. The van der Waals surface area contributed by atoms with Gasteiger partial charge in [-0.2, -0.15) is 0 Å². The first-order valence-electron chi connectivity index (χ1n) is 6.40. The Morgan fingerprint density at radius 1 is 1.47 bits per heavy atom. The van der Waals surface area contributed by atoms with Crippen molar-refractivity contribution >= 4 is 11.6 Å². The van der Waals surface area contributed by atoms with Gasteiger partial charge in [-0.3, -0.25) is 0 Å². The highest BCUT2D eigenvalue weighted by molar-refractivity contribution is 6.30. The number of halogens is 1. The van der Waals surface area contributed by atoms with Crippen LogP contribution in [0.15, 0.2) is 18.2 Å². The lowest BCUT2D eigenvalue weighted by atomic mass is 10.1. The van der Waals surface area contributed by atoms with Gasteiger partial charge in [-0.25, -0.2) is 0 Å². The van der Waals surface area contributed by atoms with Gasteiger partial charge in [0.25, 0.3) is 0 Å². The second-order valence-corrected chi connectivity index (χ2v) is 5.10. The molecule has 1 aliphatic heterocycles. The summed E-state index contributed by atoms with van der Waals surface area (Å²) in [6, 6.07) is 5.76. The maximum atomic E-state index is 5.97. The Hall–Kier alpha value is -0.810. The fraction of sp³-hybridized carbons (Fsp3) is 0.571. The topological polar surface area (TPSA) is 39.7 Å². The molecule has 1 aromatic carbocycles. The van der Waals surface area contributed by atoms with Crippen LogP contribution in [0.5, 0.6) is 5.75 Å². The van der Waals surface area contributed by atoms with E-state index in [1.54, 1.807) is 14.2 Å². The Morgan fingerprint density at radius 2 is 2.32 bits per heavy atom. The van der Waals surface area contributed by atoms with Crippen molar-refractivity contribution in [3.05, 3.63) is 28.8 Å². The predicted molar refractivity (Wildman–Crippen MR) is 75.1 cm³/mol. The van der Waals surface area contributed by atoms with Gasteiger partial charge in [-0.05, 0) is 23.8 Å². The average molecular weight is 286 g/mol. The Labute approximate surface area is 119 Å². The monoisotopic (exact) mass is 285 g/mol. The largest absolute Gasteiger partial charge is 0.488 e. The summed E-state index contributed by atoms with van der Waals surface area (Å²) >= 11 is 5.97. The number of fused-ring (bicyclic) bond motifs is 1. The van der Waals surface area contributed by atoms with E-state index >= 15 is 0 Å². The van der Waals surface area contributed by atoms with E-state index in [0.717, 1.165) is 30.3 Å². The van der Waals surface area contributed by atoms with E-state index in [1.807, 2.05) is 18.2 Å². The maximum Gasteiger partial charge on any atom is 0.123 e. The van der Waals surface area contributed by atoms with Crippen molar-refractivity contribution in [2.24, 2.45) is 0 Å². The minimum absolute atomic E-state index is 0.0724. The normalized spacial score (nSPS) is 19.0. The molecule has 0 spiro atoms. The summed E-state index contributed by atoms with van der Waals surface area (Å²) in [6.07, 6.45) is 1.13. The lowest BCUT2D eigenvalue weighted by Gasteiger charge is -2.17. The first-order chi connectivity index (χ1) is 9.22. The lowest BCUT2D eigenvalue weighted by molar-refractivity contribution is 0.0278. The lowest BCUT2D eigenvalue weighted by Crippen LogP contribution is -2.37. The molecule has 0 aliphatic carbocycles. The van der Waals surface area contributed by atoms with Gasteiger partial charge in [0.15, 0.2) is 0 Å². The molecule has 0 aromatic heterocycles. The van der Waals surface area contributed by atoms with Crippen molar-refractivity contribution in [2.75, 3.05) is 33.9 Å². The SMILES string of the molecule is COCC(CNCC1Cc2cc(Cl)ccc2O1)OC. The van der Waals surface area contributed by atoms with Crippen LogP contribution in [-0.4, -0.2) is 46.1 Å². The summed E-state index contributed by atoms with van der Waals surface area (Å²) in [4.78, 5) is 0. The summed E-state index contributed by atoms with van der Waals surface area (Å²) in [7, 11) is 3.36. The van der Waals surface area contributed by atoms with E-state index in [4.69, 9.17) is 25.8 Å². The smallest absolute Gasteiger partial charge is 0.123 e. The summed E-state index contributed by atoms with van der Waals surface area (Å²) in [5.41, 5.74) is 1.18. The molecular formula is C14H20ClNO3. The van der Waals surface area contributed by atoms with Gasteiger partial charge < -0.3 is 19.5 Å². The third-order valence-corrected chi connectivity index (χ3v) is 3.43. The van der Waals surface area contributed by atoms with Crippen molar-refractivity contribution in [3.8, 4) is 5.75 Å². The number of rotatable bonds is 7. The Kier molecular flexibility index (Phi) is 5.45. The van der Waals surface area contributed by atoms with Crippen molar-refractivity contribution < 1.29 is 14.2 Å². The van der Waals surface area contributed by atoms with Gasteiger partial charge >= 0.3 is 0 Å². The van der Waals surface area contributed by atoms with Gasteiger partial charge in [-0.1, -0.05) is 11.6 Å². The summed E-state index contributed by atoms with van der Waals surface area (Å²) in [5.74, 6) is 0.941. The van der Waals surface area contributed by atoms with Crippen LogP contribution < -0.4 is 10.1 Å². The van der Waals surface area contributed by atoms with Crippen molar-refractivity contribution in [2.45, 2.75) is 18.6 Å². The molecule has 1 heterocycles. The molecule has 0 radical (unpaired) electrons. The fourth-order valence-corrected chi connectivity index (χ4v) is 2.40. The third-order valence-electron chi connectivity index (χ3n) is 3.19. The summed E-state index contributed by atoms with van der Waals surface area (Å²) < 4.78 is 16.2. The molecule has 4 nitrogen and oxygen atoms in total. The molecule has 0 fully saturated rings. The van der Waals surface area contributed by atoms with Crippen LogP contribution in [0.4, 0.5) is 0 Å². The van der Waals surface area contributed by atoms with Crippen LogP contribution in [-0.2, 0) is 15.9 Å². The van der Waals surface area contributed by atoms with Crippen LogP contribution in [0.3, 0.4) is 0 Å². The first-order valence-corrected chi connectivity index (χ1v) is 6.78. The number of hydrogen-bond donors (Lipinski definition) is 1. The van der Waals surface area contributed by atoms with Gasteiger partial charge in [0.05, 0.1) is 12.7 Å². The molecule has 2 unspecified atom stereocenters. The molecule has 1 aromatic rings. The van der Waals surface area contributed by atoms with Gasteiger partial charge in [-0.15, -0.1) is 0 Å². The highest BCUT2D eigenvalue weighted by Crippen LogP contribution is 2.30. The van der Waals surface area contributed by atoms with Crippen molar-refractivity contribution in [1.29, 1.82) is 0 Å². The number of benzene rings is 1. The van der Waals surface area contributed by atoms with E-state index < -0.39 is 0 Å². The Bertz CT molecular complexity index is 414. The molecule has 1 N–H and O–H groups in total. The van der Waals surface area contributed by atoms with Crippen molar-refractivity contribution in [1.82, 2.24) is 5.32 Å². The van der Waals surface area contributed by atoms with E-state index in [9.17, 15) is 0 Å². The molecule has 106 valence electrons. The summed E-state index contributed by atoms with van der Waals surface area (Å²) in [5, 5.41) is 4.11. The molecule has 2 atom stereocenters. The van der Waals surface area contributed by atoms with E-state index in [0.29, 0.717) is 6.61 Å². The number of ether oxygens (including phenoxy) is 3. The molecule has 0 bridgehead atoms. The fourth-order valence-electron chi connectivity index (χ4n) is 2.20. The molecular weight excluding hydrogens is 266 g/mol. The highest BCUT2D eigenvalue weighted by Gasteiger charge is 2.22. The zero-order valence-corrected chi connectivity index (χ0v) is 12.1. The molecule has 0 amide bonds. The molecule has 0 saturated heterocycles. The van der Waals surface area contributed by atoms with Crippen LogP contribution >= 0.6 is 11.6 Å². The minimum atomic E-state index is 0.0724. The predicted octanol–water partition coefficient (Wildman–Crippen LogP) is 1.89. The summed E-state index contributed by atoms with van der Waals surface area (Å²) in [6.45, 7) is 2.13. The molecule has 2 rings (SSSR count). The molecule has 0 saturated carbocycles. The first kappa shape index (κ1) is 14.6. The quantitative estimate of drug-likeness (QED) is 0.831. The Balaban J connectivity index is 1.75. The molecule has 1 aliphatic rings. The van der Waals surface area contributed by atoms with Crippen molar-refractivity contribution in [3.63, 3.8) is 0 Å². The maximum absolute atomic E-state index is 5.97. The van der Waals surface area contributed by atoms with Crippen LogP contribution in [0, 0.1) is 0 Å². The van der Waals surface area contributed by atoms with Gasteiger partial charge in [0.2, 0.25) is 0 Å². The number of nitrogens with one attached hydrogen (secondary N) is 1. The van der Waals surface area contributed by atoms with Crippen LogP contribution in [0.25, 0.3) is 0 Å². The minimum Gasteiger partial charge on any atom is -0.488 e. The van der Waals surface area contributed by atoms with Gasteiger partial charge in [0, 0.05) is 38.8 Å². The van der Waals surface area contributed by atoms with E-state index in [1.165, 1.54) is 5.56 Å². The van der Waals surface area contributed by atoms with Gasteiger partial charge in [0.1, 0.15) is 11.9 Å². The van der Waals surface area contributed by atoms with Crippen LogP contribution in [0.2, 0.25) is 5.02 Å². The number of methoxy groups -OCH3 is 2. The molecule has 5 heteroatoms. The Morgan fingerprint density at radius 3 is 3.05 bits per heavy atom. The second kappa shape index (κ2) is 7.10. The average Bonchev–Trinajstić information content (AvgIpc) is 2.79. The second-order valence-electron chi connectivity index (χ2n) is 4.67. The van der Waals surface area contributed by atoms with E-state index in [-0.39, 0.29) is 12.2 Å². The number of hydrogen-bond acceptors (Lipinski definition) is 4. The van der Waals surface area contributed by atoms with Crippen LogP contribution in [0.1, 0.15) is 5.56 Å².